The summed E-state index contributed by atoms with van der Waals surface area (Å²) in [5.41, 5.74) is 8.75. The third-order valence-corrected chi connectivity index (χ3v) is 10.1. The topological polar surface area (TPSA) is 9.23 Å². The molecule has 200 valence electrons. The van der Waals surface area contributed by atoms with Gasteiger partial charge in [0.1, 0.15) is 11.5 Å². The molecule has 0 aliphatic carbocycles. The number of fused-ring (bicyclic) bond motifs is 7. The van der Waals surface area contributed by atoms with Gasteiger partial charge < -0.3 is 4.74 Å². The average Bonchev–Trinajstić information content (AvgIpc) is 3.47. The van der Waals surface area contributed by atoms with Crippen LogP contribution in [-0.2, 0) is 0 Å². The van der Waals surface area contributed by atoms with Gasteiger partial charge in [0.15, 0.2) is 0 Å². The van der Waals surface area contributed by atoms with Crippen LogP contribution in [0.4, 0.5) is 0 Å². The van der Waals surface area contributed by atoms with Crippen LogP contribution >= 0.6 is 11.3 Å². The van der Waals surface area contributed by atoms with Gasteiger partial charge in [-0.25, -0.2) is 0 Å². The van der Waals surface area contributed by atoms with Gasteiger partial charge in [-0.1, -0.05) is 151 Å². The van der Waals surface area contributed by atoms with E-state index in [0.29, 0.717) is 0 Å². The second kappa shape index (κ2) is 9.73. The summed E-state index contributed by atoms with van der Waals surface area (Å²) in [6, 6.07) is 54.8. The summed E-state index contributed by atoms with van der Waals surface area (Å²) in [7, 11) is 0. The highest BCUT2D eigenvalue weighted by molar-refractivity contribution is 7.26. The summed E-state index contributed by atoms with van der Waals surface area (Å²) in [5, 5.41) is 4.98. The largest absolute Gasteiger partial charge is 0.458 e. The van der Waals surface area contributed by atoms with Gasteiger partial charge in [-0.2, -0.15) is 0 Å². The Morgan fingerprint density at radius 1 is 0.465 bits per heavy atom. The van der Waals surface area contributed by atoms with Crippen LogP contribution in [0.15, 0.2) is 152 Å². The maximum atomic E-state index is 6.60. The Hall–Kier alpha value is -5.12. The number of rotatable bonds is 3. The first-order valence-electron chi connectivity index (χ1n) is 14.7. The van der Waals surface area contributed by atoms with E-state index in [1.807, 2.05) is 11.3 Å². The molecule has 1 aromatic heterocycles. The quantitative estimate of drug-likeness (QED) is 0.195. The zero-order valence-corrected chi connectivity index (χ0v) is 24.1. The fourth-order valence-corrected chi connectivity index (χ4v) is 8.20. The highest BCUT2D eigenvalue weighted by Gasteiger charge is 2.33. The minimum Gasteiger partial charge on any atom is -0.458 e. The number of hydrogen-bond acceptors (Lipinski definition) is 2. The third kappa shape index (κ3) is 3.86. The van der Waals surface area contributed by atoms with E-state index in [9.17, 15) is 0 Å². The molecule has 1 aliphatic heterocycles. The van der Waals surface area contributed by atoms with Gasteiger partial charge in [0.25, 0.3) is 6.71 Å². The predicted octanol–water partition coefficient (Wildman–Crippen LogP) is 9.16. The molecule has 0 unspecified atom stereocenters. The number of hydrogen-bond donors (Lipinski definition) is 0. The number of para-hydroxylation sites is 1. The van der Waals surface area contributed by atoms with E-state index in [-0.39, 0.29) is 6.71 Å². The molecule has 0 spiro atoms. The molecule has 0 N–H and O–H groups in total. The fraction of sp³-hybridized carbons (Fsp3) is 0. The molecule has 0 amide bonds. The molecule has 0 fully saturated rings. The van der Waals surface area contributed by atoms with Crippen molar-refractivity contribution in [2.24, 2.45) is 0 Å². The van der Waals surface area contributed by atoms with Crippen LogP contribution in [0.25, 0.3) is 53.2 Å². The molecule has 2 heterocycles. The first-order valence-corrected chi connectivity index (χ1v) is 15.5. The molecule has 8 aromatic rings. The van der Waals surface area contributed by atoms with E-state index in [0.717, 1.165) is 16.9 Å². The average molecular weight is 565 g/mol. The van der Waals surface area contributed by atoms with Crippen molar-refractivity contribution < 1.29 is 4.74 Å². The Bertz CT molecular complexity index is 2340. The van der Waals surface area contributed by atoms with Crippen molar-refractivity contribution in [1.82, 2.24) is 0 Å². The standard InChI is InChI=1S/C40H25BOS/c1-2-11-26(12-3-1)31-17-9-19-33-34-20-10-18-32(40(34)43-39(31)33)28-14-8-15-29(25-28)41-35-21-6-7-22-37(35)42-38-30-16-5-4-13-27(30)23-24-36(38)41/h1-25H. The first kappa shape index (κ1) is 24.5. The molecule has 7 aromatic carbocycles. The van der Waals surface area contributed by atoms with Crippen molar-refractivity contribution in [2.75, 3.05) is 0 Å². The molecule has 1 nitrogen and oxygen atoms in total. The maximum absolute atomic E-state index is 6.60. The zero-order valence-electron chi connectivity index (χ0n) is 23.3. The number of ether oxygens (including phenoxy) is 1. The van der Waals surface area contributed by atoms with Gasteiger partial charge in [0, 0.05) is 25.6 Å². The Morgan fingerprint density at radius 2 is 1.12 bits per heavy atom. The Morgan fingerprint density at radius 3 is 1.95 bits per heavy atom. The van der Waals surface area contributed by atoms with E-state index < -0.39 is 0 Å². The summed E-state index contributed by atoms with van der Waals surface area (Å²) in [6.07, 6.45) is 0. The van der Waals surface area contributed by atoms with Crippen molar-refractivity contribution in [3.63, 3.8) is 0 Å². The molecule has 9 rings (SSSR count). The Kier molecular flexibility index (Phi) is 5.54. The van der Waals surface area contributed by atoms with Crippen LogP contribution in [0.3, 0.4) is 0 Å². The molecule has 0 saturated heterocycles. The van der Waals surface area contributed by atoms with Gasteiger partial charge in [-0.05, 0) is 44.6 Å². The smallest absolute Gasteiger partial charge is 0.250 e. The molecule has 1 aliphatic rings. The number of benzene rings is 7. The van der Waals surface area contributed by atoms with Crippen molar-refractivity contribution in [3.8, 4) is 33.8 Å². The van der Waals surface area contributed by atoms with Gasteiger partial charge in [-0.15, -0.1) is 11.3 Å². The molecule has 0 saturated carbocycles. The van der Waals surface area contributed by atoms with Crippen LogP contribution in [0.2, 0.25) is 0 Å². The predicted molar refractivity (Wildman–Crippen MR) is 185 cm³/mol. The molecule has 3 heteroatoms. The highest BCUT2D eigenvalue weighted by atomic mass is 32.1. The number of thiophene rings is 1. The SMILES string of the molecule is c1ccc(-c2cccc3c2sc2c(-c4cccc(B5c6ccccc6Oc6c5ccc5ccccc65)c4)cccc23)cc1. The highest BCUT2D eigenvalue weighted by Crippen LogP contribution is 2.43. The normalized spacial score (nSPS) is 12.3. The lowest BCUT2D eigenvalue weighted by Gasteiger charge is -2.28. The van der Waals surface area contributed by atoms with E-state index in [2.05, 4.69) is 152 Å². The first-order chi connectivity index (χ1) is 21.3. The minimum atomic E-state index is 0.0794. The van der Waals surface area contributed by atoms with Crippen LogP contribution in [0.1, 0.15) is 0 Å². The lowest BCUT2D eigenvalue weighted by molar-refractivity contribution is 0.493. The summed E-state index contributed by atoms with van der Waals surface area (Å²) in [4.78, 5) is 0. The maximum Gasteiger partial charge on any atom is 0.250 e. The Balaban J connectivity index is 1.24. The second-order valence-electron chi connectivity index (χ2n) is 11.2. The van der Waals surface area contributed by atoms with E-state index in [1.54, 1.807) is 0 Å². The van der Waals surface area contributed by atoms with Crippen molar-refractivity contribution in [1.29, 1.82) is 0 Å². The van der Waals surface area contributed by atoms with Crippen LogP contribution in [0, 0.1) is 0 Å². The summed E-state index contributed by atoms with van der Waals surface area (Å²) in [6.45, 7) is 0.0794. The van der Waals surface area contributed by atoms with Gasteiger partial charge in [-0.3, -0.25) is 0 Å². The summed E-state index contributed by atoms with van der Waals surface area (Å²) >= 11 is 1.90. The van der Waals surface area contributed by atoms with E-state index >= 15 is 0 Å². The van der Waals surface area contributed by atoms with Crippen LogP contribution in [-0.4, -0.2) is 6.71 Å². The van der Waals surface area contributed by atoms with Crippen molar-refractivity contribution in [3.05, 3.63) is 152 Å². The van der Waals surface area contributed by atoms with E-state index in [4.69, 9.17) is 4.74 Å². The molecule has 0 atom stereocenters. The van der Waals surface area contributed by atoms with Crippen molar-refractivity contribution >= 4 is 65.4 Å². The lowest BCUT2D eigenvalue weighted by Crippen LogP contribution is -2.54. The molecule has 43 heavy (non-hydrogen) atoms. The second-order valence-corrected chi connectivity index (χ2v) is 12.3. The zero-order chi connectivity index (χ0) is 28.3. The molecular formula is C40H25BOS. The third-order valence-electron chi connectivity index (χ3n) is 8.80. The van der Waals surface area contributed by atoms with Crippen LogP contribution < -0.4 is 21.1 Å². The minimum absolute atomic E-state index is 0.0794. The monoisotopic (exact) mass is 564 g/mol. The van der Waals surface area contributed by atoms with Crippen molar-refractivity contribution in [2.45, 2.75) is 0 Å². The van der Waals surface area contributed by atoms with Gasteiger partial charge in [0.2, 0.25) is 0 Å². The molecule has 0 radical (unpaired) electrons. The molecule has 0 bridgehead atoms. The van der Waals surface area contributed by atoms with E-state index in [1.165, 1.54) is 64.2 Å². The molecular weight excluding hydrogens is 539 g/mol. The summed E-state index contributed by atoms with van der Waals surface area (Å²) in [5.74, 6) is 1.90. The van der Waals surface area contributed by atoms with Gasteiger partial charge >= 0.3 is 0 Å². The Labute approximate surface area is 254 Å². The van der Waals surface area contributed by atoms with Gasteiger partial charge in [0.05, 0.1) is 0 Å². The fourth-order valence-electron chi connectivity index (χ4n) is 6.83. The summed E-state index contributed by atoms with van der Waals surface area (Å²) < 4.78 is 9.27. The van der Waals surface area contributed by atoms with Crippen LogP contribution in [0.5, 0.6) is 11.5 Å². The lowest BCUT2D eigenvalue weighted by atomic mass is 9.35.